The molecule has 2 heterocycles. The number of aldehydes is 1. The lowest BCUT2D eigenvalue weighted by Gasteiger charge is -2.48. The largest absolute Gasteiger partial charge is 0.303 e. The minimum absolute atomic E-state index is 0.0344. The number of carbonyl (C=O) groups excluding carboxylic acids is 2. The molecule has 1 saturated heterocycles. The number of carbonyl (C=O) groups is 2. The second-order valence-corrected chi connectivity index (χ2v) is 9.36. The number of benzene rings is 2. The Morgan fingerprint density at radius 3 is 2.47 bits per heavy atom. The molecule has 1 fully saturated rings. The Hall–Kier alpha value is -2.47. The van der Waals surface area contributed by atoms with Gasteiger partial charge in [-0.15, -0.1) is 0 Å². The third-order valence-electron chi connectivity index (χ3n) is 5.95. The standard InChI is InChI=1S/C24H20Cl3N3O2/c1-24(10-12-31)14-19(16-3-2-4-18(26)13-16)21(15-5-7-17(25)8-6-15)30(22(24)32)20-9-11-28-23(27)29-20/h2-9,11-13,19,21H,10,14H2,1H3. The van der Waals surface area contributed by atoms with Gasteiger partial charge in [-0.25, -0.2) is 9.97 Å². The minimum atomic E-state index is -0.922. The summed E-state index contributed by atoms with van der Waals surface area (Å²) in [6.07, 6.45) is 2.86. The van der Waals surface area contributed by atoms with Gasteiger partial charge < -0.3 is 4.79 Å². The molecule has 0 radical (unpaired) electrons. The van der Waals surface area contributed by atoms with E-state index >= 15 is 0 Å². The number of rotatable bonds is 5. The molecule has 1 aromatic heterocycles. The molecular formula is C24H20Cl3N3O2. The normalized spacial score (nSPS) is 23.2. The van der Waals surface area contributed by atoms with Gasteiger partial charge >= 0.3 is 0 Å². The van der Waals surface area contributed by atoms with E-state index in [4.69, 9.17) is 34.8 Å². The smallest absolute Gasteiger partial charge is 0.235 e. The fourth-order valence-corrected chi connectivity index (χ4v) is 4.89. The highest BCUT2D eigenvalue weighted by Crippen LogP contribution is 2.52. The SMILES string of the molecule is CC1(CC=O)CC(c2cccc(Cl)c2)C(c2ccc(Cl)cc2)N(c2ccnc(Cl)n2)C1=O. The maximum atomic E-state index is 13.9. The zero-order valence-electron chi connectivity index (χ0n) is 17.2. The molecule has 3 aromatic rings. The molecule has 0 saturated carbocycles. The van der Waals surface area contributed by atoms with E-state index in [9.17, 15) is 9.59 Å². The molecule has 2 aromatic carbocycles. The van der Waals surface area contributed by atoms with Gasteiger partial charge in [0.25, 0.3) is 0 Å². The molecule has 0 aliphatic carbocycles. The third-order valence-corrected chi connectivity index (χ3v) is 6.61. The van der Waals surface area contributed by atoms with E-state index in [0.29, 0.717) is 22.3 Å². The van der Waals surface area contributed by atoms with Gasteiger partial charge in [-0.2, -0.15) is 0 Å². The molecule has 4 rings (SSSR count). The molecule has 8 heteroatoms. The number of halogens is 3. The average Bonchev–Trinajstić information content (AvgIpc) is 2.76. The van der Waals surface area contributed by atoms with Gasteiger partial charge in [0.1, 0.15) is 12.1 Å². The highest BCUT2D eigenvalue weighted by molar-refractivity contribution is 6.31. The topological polar surface area (TPSA) is 63.2 Å². The lowest BCUT2D eigenvalue weighted by Crippen LogP contribution is -2.52. The molecule has 3 atom stereocenters. The van der Waals surface area contributed by atoms with Crippen molar-refractivity contribution in [2.45, 2.75) is 31.7 Å². The van der Waals surface area contributed by atoms with Crippen LogP contribution in [-0.4, -0.2) is 22.2 Å². The molecule has 0 N–H and O–H groups in total. The Labute approximate surface area is 201 Å². The highest BCUT2D eigenvalue weighted by Gasteiger charge is 2.50. The number of piperidine rings is 1. The summed E-state index contributed by atoms with van der Waals surface area (Å²) in [5.41, 5.74) is 0.928. The number of hydrogen-bond donors (Lipinski definition) is 0. The molecule has 0 spiro atoms. The molecule has 1 aliphatic rings. The first-order valence-electron chi connectivity index (χ1n) is 10.1. The van der Waals surface area contributed by atoms with Gasteiger partial charge in [-0.1, -0.05) is 54.4 Å². The van der Waals surface area contributed by atoms with Crippen molar-refractivity contribution in [3.63, 3.8) is 0 Å². The molecule has 32 heavy (non-hydrogen) atoms. The van der Waals surface area contributed by atoms with E-state index in [1.807, 2.05) is 43.3 Å². The summed E-state index contributed by atoms with van der Waals surface area (Å²) in [6.45, 7) is 1.81. The first kappa shape index (κ1) is 22.7. The van der Waals surface area contributed by atoms with Gasteiger partial charge in [0.15, 0.2) is 0 Å². The zero-order valence-corrected chi connectivity index (χ0v) is 19.5. The minimum Gasteiger partial charge on any atom is -0.303 e. The van der Waals surface area contributed by atoms with Crippen molar-refractivity contribution in [3.8, 4) is 0 Å². The fourth-order valence-electron chi connectivity index (χ4n) is 4.42. The summed E-state index contributed by atoms with van der Waals surface area (Å²) in [4.78, 5) is 35.3. The predicted molar refractivity (Wildman–Crippen MR) is 126 cm³/mol. The second kappa shape index (κ2) is 9.18. The Balaban J connectivity index is 1.95. The predicted octanol–water partition coefficient (Wildman–Crippen LogP) is 6.29. The van der Waals surface area contributed by atoms with Crippen molar-refractivity contribution in [2.24, 2.45) is 5.41 Å². The maximum Gasteiger partial charge on any atom is 0.235 e. The summed E-state index contributed by atoms with van der Waals surface area (Å²) in [6, 6.07) is 16.2. The van der Waals surface area contributed by atoms with Crippen LogP contribution in [0, 0.1) is 5.41 Å². The molecule has 1 amide bonds. The van der Waals surface area contributed by atoms with Crippen molar-refractivity contribution in [1.29, 1.82) is 0 Å². The van der Waals surface area contributed by atoms with Crippen molar-refractivity contribution in [3.05, 3.63) is 87.2 Å². The van der Waals surface area contributed by atoms with Crippen LogP contribution >= 0.6 is 34.8 Å². The van der Waals surface area contributed by atoms with Crippen LogP contribution in [-0.2, 0) is 9.59 Å². The summed E-state index contributed by atoms with van der Waals surface area (Å²) in [7, 11) is 0. The third kappa shape index (κ3) is 4.38. The van der Waals surface area contributed by atoms with Crippen molar-refractivity contribution < 1.29 is 9.59 Å². The maximum absolute atomic E-state index is 13.9. The molecular weight excluding hydrogens is 469 g/mol. The first-order chi connectivity index (χ1) is 15.3. The molecule has 0 bridgehead atoms. The second-order valence-electron chi connectivity index (χ2n) is 8.15. The van der Waals surface area contributed by atoms with E-state index < -0.39 is 11.5 Å². The molecule has 1 aliphatic heterocycles. The lowest BCUT2D eigenvalue weighted by molar-refractivity contribution is -0.133. The fraction of sp³-hybridized carbons (Fsp3) is 0.250. The Kier molecular flexibility index (Phi) is 6.52. The zero-order chi connectivity index (χ0) is 22.9. The van der Waals surface area contributed by atoms with E-state index in [0.717, 1.165) is 17.4 Å². The van der Waals surface area contributed by atoms with Crippen LogP contribution < -0.4 is 4.90 Å². The molecule has 164 valence electrons. The van der Waals surface area contributed by atoms with Crippen LogP contribution in [0.5, 0.6) is 0 Å². The van der Waals surface area contributed by atoms with Gasteiger partial charge in [-0.05, 0) is 59.5 Å². The number of hydrogen-bond acceptors (Lipinski definition) is 4. The van der Waals surface area contributed by atoms with Crippen molar-refractivity contribution in [2.75, 3.05) is 4.90 Å². The van der Waals surface area contributed by atoms with Crippen LogP contribution in [0.1, 0.15) is 42.9 Å². The van der Waals surface area contributed by atoms with Gasteiger partial charge in [-0.3, -0.25) is 9.69 Å². The molecule has 5 nitrogen and oxygen atoms in total. The number of anilines is 1. The van der Waals surface area contributed by atoms with E-state index in [-0.39, 0.29) is 23.5 Å². The number of amides is 1. The van der Waals surface area contributed by atoms with Crippen LogP contribution in [0.3, 0.4) is 0 Å². The van der Waals surface area contributed by atoms with Crippen LogP contribution in [0.4, 0.5) is 5.82 Å². The van der Waals surface area contributed by atoms with Crippen molar-refractivity contribution >= 4 is 52.8 Å². The number of aromatic nitrogens is 2. The summed E-state index contributed by atoms with van der Waals surface area (Å²) in [5, 5.41) is 1.23. The van der Waals surface area contributed by atoms with Gasteiger partial charge in [0.05, 0.1) is 11.5 Å². The summed E-state index contributed by atoms with van der Waals surface area (Å²) < 4.78 is 0. The summed E-state index contributed by atoms with van der Waals surface area (Å²) in [5.74, 6) is 0.0164. The van der Waals surface area contributed by atoms with Gasteiger partial charge in [0, 0.05) is 28.6 Å². The Bertz CT molecular complexity index is 1160. The quantitative estimate of drug-likeness (QED) is 0.312. The van der Waals surface area contributed by atoms with Crippen LogP contribution in [0.25, 0.3) is 0 Å². The van der Waals surface area contributed by atoms with Gasteiger partial charge in [0.2, 0.25) is 11.2 Å². The lowest BCUT2D eigenvalue weighted by atomic mass is 9.67. The van der Waals surface area contributed by atoms with E-state index in [1.54, 1.807) is 23.1 Å². The van der Waals surface area contributed by atoms with Crippen LogP contribution in [0.15, 0.2) is 60.8 Å². The van der Waals surface area contributed by atoms with Crippen LogP contribution in [0.2, 0.25) is 15.3 Å². The monoisotopic (exact) mass is 487 g/mol. The molecule has 3 unspecified atom stereocenters. The Morgan fingerprint density at radius 2 is 1.81 bits per heavy atom. The highest BCUT2D eigenvalue weighted by atomic mass is 35.5. The van der Waals surface area contributed by atoms with Crippen molar-refractivity contribution in [1.82, 2.24) is 9.97 Å². The number of nitrogens with zero attached hydrogens (tertiary/aromatic N) is 3. The first-order valence-corrected chi connectivity index (χ1v) is 11.2. The van der Waals surface area contributed by atoms with E-state index in [1.165, 1.54) is 6.20 Å². The van der Waals surface area contributed by atoms with E-state index in [2.05, 4.69) is 9.97 Å². The average molecular weight is 489 g/mol. The Morgan fingerprint density at radius 1 is 1.06 bits per heavy atom. The summed E-state index contributed by atoms with van der Waals surface area (Å²) >= 11 is 18.5.